The zero-order valence-corrected chi connectivity index (χ0v) is 16.7. The van der Waals surface area contributed by atoms with Crippen LogP contribution in [0.4, 0.5) is 0 Å². The number of allylic oxidation sites excluding steroid dienone is 3. The van der Waals surface area contributed by atoms with Gasteiger partial charge >= 0.3 is 0 Å². The molecule has 1 amide bonds. The lowest BCUT2D eigenvalue weighted by Crippen LogP contribution is -2.30. The summed E-state index contributed by atoms with van der Waals surface area (Å²) in [6, 6.07) is 3.88. The van der Waals surface area contributed by atoms with Crippen molar-refractivity contribution in [3.63, 3.8) is 0 Å². The van der Waals surface area contributed by atoms with E-state index in [9.17, 15) is 13.8 Å². The molecular formula is C19H26N2O3S2. The number of unbranched alkanes of at least 4 members (excludes halogenated alkanes) is 1. The van der Waals surface area contributed by atoms with Gasteiger partial charge in [0.25, 0.3) is 0 Å². The second kappa shape index (κ2) is 11.2. The van der Waals surface area contributed by atoms with E-state index in [0.717, 1.165) is 41.0 Å². The molecule has 2 atom stereocenters. The van der Waals surface area contributed by atoms with E-state index < -0.39 is 11.0 Å². The molecule has 1 aromatic heterocycles. The van der Waals surface area contributed by atoms with Gasteiger partial charge in [0.15, 0.2) is 0 Å². The van der Waals surface area contributed by atoms with Crippen LogP contribution < -0.4 is 10.0 Å². The Labute approximate surface area is 161 Å². The van der Waals surface area contributed by atoms with Crippen LogP contribution in [0.15, 0.2) is 40.1 Å². The normalized spacial score (nSPS) is 16.3. The van der Waals surface area contributed by atoms with Gasteiger partial charge < -0.3 is 10.1 Å². The summed E-state index contributed by atoms with van der Waals surface area (Å²) in [7, 11) is -1.17. The molecule has 0 saturated carbocycles. The number of carbonyl (C=O) groups excluding carboxylic acids is 2. The smallest absolute Gasteiger partial charge is 0.228 e. The fraction of sp³-hybridized carbons (Fsp3) is 0.474. The van der Waals surface area contributed by atoms with E-state index in [1.165, 1.54) is 0 Å². The van der Waals surface area contributed by atoms with Gasteiger partial charge in [0.2, 0.25) is 5.91 Å². The van der Waals surface area contributed by atoms with E-state index in [4.69, 9.17) is 0 Å². The van der Waals surface area contributed by atoms with Crippen molar-refractivity contribution in [3.8, 4) is 0 Å². The summed E-state index contributed by atoms with van der Waals surface area (Å²) in [5, 5.41) is 4.60. The molecule has 0 saturated heterocycles. The highest BCUT2D eigenvalue weighted by Crippen LogP contribution is 2.26. The van der Waals surface area contributed by atoms with E-state index in [1.54, 1.807) is 11.3 Å². The summed E-state index contributed by atoms with van der Waals surface area (Å²) in [6.45, 7) is 2.68. The van der Waals surface area contributed by atoms with Crippen molar-refractivity contribution in [3.05, 3.63) is 45.0 Å². The first kappa shape index (κ1) is 20.7. The lowest BCUT2D eigenvalue weighted by molar-refractivity contribution is -0.123. The highest BCUT2D eigenvalue weighted by atomic mass is 32.2. The predicted octanol–water partition coefficient (Wildman–Crippen LogP) is 3.19. The molecular weight excluding hydrogens is 368 g/mol. The van der Waals surface area contributed by atoms with Crippen LogP contribution in [-0.2, 0) is 20.6 Å². The molecule has 0 radical (unpaired) electrons. The quantitative estimate of drug-likeness (QED) is 0.447. The van der Waals surface area contributed by atoms with Crippen molar-refractivity contribution in [2.45, 2.75) is 44.9 Å². The predicted molar refractivity (Wildman–Crippen MR) is 107 cm³/mol. The van der Waals surface area contributed by atoms with Crippen LogP contribution in [0, 0.1) is 0 Å². The SMILES string of the molecule is CC1=CCCC=C1S(=O)NCCCCC(C(=O)NCC=O)c1cccs1. The van der Waals surface area contributed by atoms with E-state index in [-0.39, 0.29) is 18.4 Å². The Balaban J connectivity index is 1.76. The molecule has 5 nitrogen and oxygen atoms in total. The lowest BCUT2D eigenvalue weighted by Gasteiger charge is -2.15. The molecule has 2 rings (SSSR count). The number of thiophene rings is 1. The highest BCUT2D eigenvalue weighted by Gasteiger charge is 2.21. The number of hydrogen-bond donors (Lipinski definition) is 2. The molecule has 2 unspecified atom stereocenters. The van der Waals surface area contributed by atoms with Crippen molar-refractivity contribution in [2.75, 3.05) is 13.1 Å². The molecule has 1 aromatic rings. The maximum absolute atomic E-state index is 12.3. The molecule has 0 aromatic carbocycles. The Morgan fingerprint density at radius 2 is 2.15 bits per heavy atom. The monoisotopic (exact) mass is 394 g/mol. The summed E-state index contributed by atoms with van der Waals surface area (Å²) in [5.41, 5.74) is 1.09. The van der Waals surface area contributed by atoms with Gasteiger partial charge in [0, 0.05) is 11.4 Å². The molecule has 1 heterocycles. The Morgan fingerprint density at radius 3 is 2.85 bits per heavy atom. The minimum atomic E-state index is -1.17. The fourth-order valence-corrected chi connectivity index (χ4v) is 4.86. The molecule has 142 valence electrons. The molecule has 2 N–H and O–H groups in total. The van der Waals surface area contributed by atoms with Crippen LogP contribution in [0.25, 0.3) is 0 Å². The maximum atomic E-state index is 12.3. The Kier molecular flexibility index (Phi) is 8.94. The molecule has 0 bridgehead atoms. The van der Waals surface area contributed by atoms with Gasteiger partial charge in [-0.05, 0) is 49.6 Å². The number of carbonyl (C=O) groups is 2. The molecule has 1 aliphatic rings. The van der Waals surface area contributed by atoms with Crippen LogP contribution in [0.1, 0.15) is 49.8 Å². The van der Waals surface area contributed by atoms with Crippen molar-refractivity contribution in [2.24, 2.45) is 0 Å². The van der Waals surface area contributed by atoms with Crippen LogP contribution in [-0.4, -0.2) is 29.5 Å². The van der Waals surface area contributed by atoms with E-state index in [0.29, 0.717) is 19.3 Å². The highest BCUT2D eigenvalue weighted by molar-refractivity contribution is 7.87. The zero-order chi connectivity index (χ0) is 18.8. The van der Waals surface area contributed by atoms with Crippen LogP contribution in [0.2, 0.25) is 0 Å². The van der Waals surface area contributed by atoms with Crippen LogP contribution >= 0.6 is 11.3 Å². The Morgan fingerprint density at radius 1 is 1.35 bits per heavy atom. The van der Waals surface area contributed by atoms with Crippen molar-refractivity contribution in [1.29, 1.82) is 0 Å². The van der Waals surface area contributed by atoms with E-state index in [2.05, 4.69) is 16.1 Å². The van der Waals surface area contributed by atoms with Crippen LogP contribution in [0.3, 0.4) is 0 Å². The van der Waals surface area contributed by atoms with Gasteiger partial charge in [-0.2, -0.15) is 0 Å². The van der Waals surface area contributed by atoms with Crippen molar-refractivity contribution in [1.82, 2.24) is 10.0 Å². The minimum absolute atomic E-state index is 0.0449. The van der Waals surface area contributed by atoms with Crippen LogP contribution in [0.5, 0.6) is 0 Å². The summed E-state index contributed by atoms with van der Waals surface area (Å²) in [4.78, 5) is 24.7. The largest absolute Gasteiger partial charge is 0.349 e. The zero-order valence-electron chi connectivity index (χ0n) is 15.0. The summed E-state index contributed by atoms with van der Waals surface area (Å²) in [5.74, 6) is -0.337. The number of amides is 1. The third-order valence-electron chi connectivity index (χ3n) is 4.25. The first-order valence-corrected chi connectivity index (χ1v) is 10.9. The molecule has 0 aliphatic heterocycles. The van der Waals surface area contributed by atoms with Gasteiger partial charge in [-0.1, -0.05) is 24.6 Å². The van der Waals surface area contributed by atoms with Crippen molar-refractivity contribution >= 4 is 34.5 Å². The number of hydrogen-bond acceptors (Lipinski definition) is 4. The Hall–Kier alpha value is -1.57. The molecule has 0 fully saturated rings. The minimum Gasteiger partial charge on any atom is -0.349 e. The number of nitrogens with one attached hydrogen (secondary N) is 2. The van der Waals surface area contributed by atoms with Gasteiger partial charge in [-0.3, -0.25) is 4.79 Å². The summed E-state index contributed by atoms with van der Waals surface area (Å²) in [6.07, 6.45) is 9.21. The number of rotatable bonds is 11. The second-order valence-corrected chi connectivity index (χ2v) is 8.42. The topological polar surface area (TPSA) is 75.3 Å². The van der Waals surface area contributed by atoms with Gasteiger partial charge in [-0.15, -0.1) is 11.3 Å². The summed E-state index contributed by atoms with van der Waals surface area (Å²) < 4.78 is 15.4. The second-order valence-electron chi connectivity index (χ2n) is 6.17. The standard InChI is InChI=1S/C19H26N2O3S2/c1-15-7-2-3-10-18(15)26(24)21-11-5-4-8-16(17-9-6-14-25-17)19(23)20-12-13-22/h6-7,9-10,13-14,16,21H,2-5,8,11-12H2,1H3,(H,20,23). The third kappa shape index (κ3) is 6.30. The van der Waals surface area contributed by atoms with Crippen molar-refractivity contribution < 1.29 is 13.8 Å². The molecule has 0 spiro atoms. The molecule has 7 heteroatoms. The fourth-order valence-electron chi connectivity index (χ4n) is 2.87. The maximum Gasteiger partial charge on any atom is 0.228 e. The summed E-state index contributed by atoms with van der Waals surface area (Å²) >= 11 is 1.55. The average molecular weight is 395 g/mol. The average Bonchev–Trinajstić information content (AvgIpc) is 3.17. The van der Waals surface area contributed by atoms with E-state index in [1.807, 2.05) is 30.5 Å². The van der Waals surface area contributed by atoms with Gasteiger partial charge in [-0.25, -0.2) is 8.93 Å². The third-order valence-corrected chi connectivity index (χ3v) is 6.59. The van der Waals surface area contributed by atoms with Gasteiger partial charge in [0.1, 0.15) is 17.3 Å². The molecule has 1 aliphatic carbocycles. The number of aldehydes is 1. The van der Waals surface area contributed by atoms with E-state index >= 15 is 0 Å². The lowest BCUT2D eigenvalue weighted by atomic mass is 9.99. The first-order valence-electron chi connectivity index (χ1n) is 8.90. The molecule has 26 heavy (non-hydrogen) atoms. The first-order chi connectivity index (χ1) is 12.6. The van der Waals surface area contributed by atoms with Gasteiger partial charge in [0.05, 0.1) is 17.4 Å². The Bertz CT molecular complexity index is 681.